The number of hydrogen-bond donors (Lipinski definition) is 2. The van der Waals surface area contributed by atoms with Gasteiger partial charge in [-0.15, -0.1) is 0 Å². The molecule has 0 atom stereocenters. The molecule has 4 nitrogen and oxygen atoms in total. The van der Waals surface area contributed by atoms with Crippen LogP contribution in [-0.4, -0.2) is 14.0 Å². The van der Waals surface area contributed by atoms with E-state index in [0.29, 0.717) is 4.90 Å². The second-order valence-electron chi connectivity index (χ2n) is 5.48. The molecule has 112 valence electrons. The van der Waals surface area contributed by atoms with Crippen LogP contribution in [0.1, 0.15) is 51.2 Å². The Bertz CT molecular complexity index is 569. The molecule has 5 heteroatoms. The van der Waals surface area contributed by atoms with E-state index in [-0.39, 0.29) is 5.54 Å². The summed E-state index contributed by atoms with van der Waals surface area (Å²) >= 11 is 0. The van der Waals surface area contributed by atoms with Gasteiger partial charge in [0, 0.05) is 18.6 Å². The van der Waals surface area contributed by atoms with Gasteiger partial charge in [0.15, 0.2) is 0 Å². The second kappa shape index (κ2) is 5.84. The zero-order chi connectivity index (χ0) is 14.8. The van der Waals surface area contributed by atoms with Gasteiger partial charge in [-0.25, -0.2) is 13.1 Å². The van der Waals surface area contributed by atoms with E-state index < -0.39 is 10.0 Å². The van der Waals surface area contributed by atoms with Crippen LogP contribution in [0.2, 0.25) is 0 Å². The van der Waals surface area contributed by atoms with Crippen LogP contribution in [0.4, 0.5) is 0 Å². The Balaban J connectivity index is 2.31. The van der Waals surface area contributed by atoms with E-state index in [2.05, 4.69) is 10.0 Å². The van der Waals surface area contributed by atoms with Crippen molar-refractivity contribution in [3.8, 4) is 0 Å². The Morgan fingerprint density at radius 3 is 2.30 bits per heavy atom. The molecule has 0 unspecified atom stereocenters. The Morgan fingerprint density at radius 1 is 1.10 bits per heavy atom. The molecular weight excluding hydrogens is 272 g/mol. The molecule has 2 rings (SSSR count). The van der Waals surface area contributed by atoms with Gasteiger partial charge in [0.05, 0.1) is 4.90 Å². The van der Waals surface area contributed by atoms with Crippen molar-refractivity contribution in [3.63, 3.8) is 0 Å². The van der Waals surface area contributed by atoms with Crippen LogP contribution in [0.3, 0.4) is 0 Å². The van der Waals surface area contributed by atoms with Gasteiger partial charge in [-0.3, -0.25) is 0 Å². The molecule has 0 aliphatic carbocycles. The number of fused-ring (bicyclic) bond motifs is 1. The summed E-state index contributed by atoms with van der Waals surface area (Å²) in [6.45, 7) is 7.66. The van der Waals surface area contributed by atoms with Crippen LogP contribution in [0.25, 0.3) is 0 Å². The maximum atomic E-state index is 12.6. The minimum absolute atomic E-state index is 0.337. The Morgan fingerprint density at radius 2 is 1.70 bits per heavy atom. The molecule has 0 spiro atoms. The van der Waals surface area contributed by atoms with Gasteiger partial charge in [0.2, 0.25) is 10.0 Å². The first kappa shape index (κ1) is 15.5. The van der Waals surface area contributed by atoms with Crippen LogP contribution < -0.4 is 10.0 Å². The summed E-state index contributed by atoms with van der Waals surface area (Å²) in [5.74, 6) is 0. The highest BCUT2D eigenvalue weighted by molar-refractivity contribution is 7.89. The molecule has 0 bridgehead atoms. The van der Waals surface area contributed by atoms with Crippen LogP contribution in [-0.2, 0) is 23.1 Å². The van der Waals surface area contributed by atoms with Gasteiger partial charge in [0.1, 0.15) is 0 Å². The maximum absolute atomic E-state index is 12.6. The molecule has 20 heavy (non-hydrogen) atoms. The largest absolute Gasteiger partial charge is 0.309 e. The van der Waals surface area contributed by atoms with Gasteiger partial charge >= 0.3 is 0 Å². The fourth-order valence-electron chi connectivity index (χ4n) is 2.75. The predicted octanol–water partition coefficient (Wildman–Crippen LogP) is 2.54. The fourth-order valence-corrected chi connectivity index (χ4v) is 4.41. The number of nitrogens with one attached hydrogen (secondary N) is 2. The van der Waals surface area contributed by atoms with E-state index >= 15 is 0 Å². The lowest BCUT2D eigenvalue weighted by molar-refractivity contribution is 0.341. The lowest BCUT2D eigenvalue weighted by Gasteiger charge is -2.31. The smallest absolute Gasteiger partial charge is 0.241 e. The highest BCUT2D eigenvalue weighted by atomic mass is 32.2. The molecule has 0 radical (unpaired) electrons. The van der Waals surface area contributed by atoms with E-state index in [9.17, 15) is 8.42 Å². The molecule has 2 N–H and O–H groups in total. The normalized spacial score (nSPS) is 15.3. The van der Waals surface area contributed by atoms with Crippen LogP contribution in [0, 0.1) is 0 Å². The number of sulfonamides is 1. The summed E-state index contributed by atoms with van der Waals surface area (Å²) in [5, 5.41) is 3.23. The average molecular weight is 296 g/mol. The first-order valence-corrected chi connectivity index (χ1v) is 8.81. The average Bonchev–Trinajstić information content (AvgIpc) is 2.92. The molecular formula is C15H24N2O2S. The highest BCUT2D eigenvalue weighted by Gasteiger charge is 2.30. The van der Waals surface area contributed by atoms with Crippen molar-refractivity contribution in [2.75, 3.05) is 0 Å². The Hall–Kier alpha value is -0.910. The van der Waals surface area contributed by atoms with Gasteiger partial charge in [0.25, 0.3) is 0 Å². The summed E-state index contributed by atoms with van der Waals surface area (Å²) in [7, 11) is -3.45. The monoisotopic (exact) mass is 296 g/mol. The summed E-state index contributed by atoms with van der Waals surface area (Å²) in [4.78, 5) is 0.375. The first-order valence-electron chi connectivity index (χ1n) is 7.33. The highest BCUT2D eigenvalue weighted by Crippen LogP contribution is 2.25. The van der Waals surface area contributed by atoms with Crippen molar-refractivity contribution < 1.29 is 8.42 Å². The van der Waals surface area contributed by atoms with E-state index in [1.165, 1.54) is 5.56 Å². The quantitative estimate of drug-likeness (QED) is 0.848. The minimum Gasteiger partial charge on any atom is -0.309 e. The van der Waals surface area contributed by atoms with Gasteiger partial charge in [-0.05, 0) is 42.5 Å². The molecule has 0 aromatic heterocycles. The zero-order valence-electron chi connectivity index (χ0n) is 12.5. The zero-order valence-corrected chi connectivity index (χ0v) is 13.3. The number of rotatable bonds is 6. The van der Waals surface area contributed by atoms with E-state index in [0.717, 1.165) is 37.9 Å². The summed E-state index contributed by atoms with van der Waals surface area (Å²) in [5.41, 5.74) is 1.94. The van der Waals surface area contributed by atoms with Gasteiger partial charge < -0.3 is 5.32 Å². The molecule has 1 aliphatic heterocycles. The predicted molar refractivity (Wildman–Crippen MR) is 80.9 cm³/mol. The van der Waals surface area contributed by atoms with Crippen LogP contribution in [0.15, 0.2) is 23.1 Å². The third-order valence-corrected chi connectivity index (χ3v) is 6.08. The number of hydrogen-bond acceptors (Lipinski definition) is 3. The van der Waals surface area contributed by atoms with Gasteiger partial charge in [-0.1, -0.05) is 26.8 Å². The Labute approximate surface area is 122 Å². The van der Waals surface area contributed by atoms with Crippen molar-refractivity contribution in [1.82, 2.24) is 10.0 Å². The molecule has 1 heterocycles. The van der Waals surface area contributed by atoms with Crippen LogP contribution in [0.5, 0.6) is 0 Å². The molecule has 0 amide bonds. The van der Waals surface area contributed by atoms with Crippen molar-refractivity contribution >= 4 is 10.0 Å². The van der Waals surface area contributed by atoms with Crippen molar-refractivity contribution in [3.05, 3.63) is 29.3 Å². The topological polar surface area (TPSA) is 58.2 Å². The Kier molecular flexibility index (Phi) is 4.52. The van der Waals surface area contributed by atoms with Crippen molar-refractivity contribution in [2.24, 2.45) is 0 Å². The summed E-state index contributed by atoms with van der Waals surface area (Å²) < 4.78 is 28.1. The third-order valence-electron chi connectivity index (χ3n) is 4.50. The molecule has 0 saturated heterocycles. The first-order chi connectivity index (χ1) is 9.46. The van der Waals surface area contributed by atoms with E-state index in [1.807, 2.05) is 26.8 Å². The van der Waals surface area contributed by atoms with Crippen LogP contribution >= 0.6 is 0 Å². The van der Waals surface area contributed by atoms with Gasteiger partial charge in [-0.2, -0.15) is 0 Å². The lowest BCUT2D eigenvalue weighted by Crippen LogP contribution is -2.46. The van der Waals surface area contributed by atoms with E-state index in [1.54, 1.807) is 12.1 Å². The van der Waals surface area contributed by atoms with Crippen molar-refractivity contribution in [1.29, 1.82) is 0 Å². The number of benzene rings is 1. The second-order valence-corrected chi connectivity index (χ2v) is 7.16. The summed E-state index contributed by atoms with van der Waals surface area (Å²) in [6, 6.07) is 5.42. The molecule has 0 fully saturated rings. The van der Waals surface area contributed by atoms with E-state index in [4.69, 9.17) is 0 Å². The minimum atomic E-state index is -3.45. The molecule has 1 aromatic rings. The molecule has 1 aliphatic rings. The third kappa shape index (κ3) is 2.90. The molecule has 0 saturated carbocycles. The summed E-state index contributed by atoms with van der Waals surface area (Å²) in [6.07, 6.45) is 2.39. The molecule has 1 aromatic carbocycles. The lowest BCUT2D eigenvalue weighted by atomic mass is 9.91. The fraction of sp³-hybridized carbons (Fsp3) is 0.600. The maximum Gasteiger partial charge on any atom is 0.241 e. The standard InChI is InChI=1S/C15H24N2O2S/c1-4-15(5-2,6-3)17-20(18,19)14-8-7-12-10-16-11-13(12)9-14/h7-9,16-17H,4-6,10-11H2,1-3H3. The van der Waals surface area contributed by atoms with Crippen molar-refractivity contribution in [2.45, 2.75) is 63.6 Å². The SMILES string of the molecule is CCC(CC)(CC)NS(=O)(=O)c1ccc2c(c1)CNC2.